The number of nitrogens with one attached hydrogen (secondary N) is 6. The largest absolute Gasteiger partial charge is 0.494 e. The number of anilines is 2. The molecule has 0 saturated carbocycles. The fourth-order valence-corrected chi connectivity index (χ4v) is 10.4. The predicted molar refractivity (Wildman–Crippen MR) is 334 cm³/mol. The van der Waals surface area contributed by atoms with Crippen molar-refractivity contribution in [3.8, 4) is 45.6 Å². The second kappa shape index (κ2) is 36.5. The third-order valence-electron chi connectivity index (χ3n) is 14.0. The average Bonchev–Trinajstić information content (AvgIpc) is 4.04. The number of hydroxylamine groups is 4. The van der Waals surface area contributed by atoms with Crippen molar-refractivity contribution >= 4 is 68.3 Å². The molecule has 0 spiro atoms. The van der Waals surface area contributed by atoms with Crippen molar-refractivity contribution in [2.75, 3.05) is 37.2 Å². The Morgan fingerprint density at radius 2 is 0.889 bits per heavy atom. The van der Waals surface area contributed by atoms with Crippen LogP contribution in [0.1, 0.15) is 127 Å². The summed E-state index contributed by atoms with van der Waals surface area (Å²) in [4.78, 5) is 115. The first kappa shape index (κ1) is 69.3. The van der Waals surface area contributed by atoms with E-state index >= 15 is 0 Å². The second-order valence-electron chi connectivity index (χ2n) is 20.3. The normalized spacial score (nSPS) is 12.2. The standard InChI is InChI=1S/C64H79N8O17P/c1-7-13-17-27-51(53(9-3)71(41-73)86-63(79)69-45-23-19-15-20-24-45)59(75)65-39-67-61(77)57-31-29-55(84-57)43-33-47(82-11-5)37-49(35-43)88-90(81)89-50-36-44(34-48(38-50)83-12-6)56-30-32-58(85-56)62(78)68-40-66-60(76)52(28-18-14-8-2)54(10-4)72(42-74)87-64(80)70-46-25-21-16-22-26-46/h15-16,19-26,29-38,41-42,51-54,90H,7-14,17-18,27-28,39-40H2,1-6H3,(H,65,75)(H,66,76)(H,67,77)(H,68,78)(H,69,79)(H,70,80)/t51-,52-,53-,54-/m1/s1. The van der Waals surface area contributed by atoms with Gasteiger partial charge in [-0.2, -0.15) is 10.1 Å². The van der Waals surface area contributed by atoms with E-state index in [4.69, 9.17) is 37.0 Å². The Labute approximate surface area is 523 Å². The van der Waals surface area contributed by atoms with E-state index in [0.29, 0.717) is 72.5 Å². The van der Waals surface area contributed by atoms with Gasteiger partial charge < -0.3 is 58.3 Å². The molecule has 0 bridgehead atoms. The maximum Gasteiger partial charge on any atom is 0.436 e. The number of benzene rings is 4. The Morgan fingerprint density at radius 1 is 0.500 bits per heavy atom. The van der Waals surface area contributed by atoms with E-state index in [2.05, 4.69) is 31.9 Å². The molecule has 90 heavy (non-hydrogen) atoms. The zero-order chi connectivity index (χ0) is 64.8. The van der Waals surface area contributed by atoms with Crippen LogP contribution < -0.4 is 50.4 Å². The predicted octanol–water partition coefficient (Wildman–Crippen LogP) is 11.7. The number of furan rings is 2. The molecule has 482 valence electrons. The van der Waals surface area contributed by atoms with Gasteiger partial charge in [-0.25, -0.2) is 14.2 Å². The molecule has 6 rings (SSSR count). The van der Waals surface area contributed by atoms with E-state index in [9.17, 15) is 42.9 Å². The molecule has 2 heterocycles. The highest BCUT2D eigenvalue weighted by molar-refractivity contribution is 7.34. The minimum absolute atomic E-state index is 0.0657. The number of carbonyl (C=O) groups excluding carboxylic acids is 8. The van der Waals surface area contributed by atoms with Crippen molar-refractivity contribution in [3.63, 3.8) is 0 Å². The zero-order valence-electron chi connectivity index (χ0n) is 51.2. The molecule has 0 aliphatic heterocycles. The highest BCUT2D eigenvalue weighted by Gasteiger charge is 2.35. The van der Waals surface area contributed by atoms with Gasteiger partial charge in [0, 0.05) is 34.6 Å². The summed E-state index contributed by atoms with van der Waals surface area (Å²) in [7, 11) is -3.40. The van der Waals surface area contributed by atoms with Gasteiger partial charge in [-0.1, -0.05) is 103 Å². The molecule has 0 fully saturated rings. The first-order chi connectivity index (χ1) is 43.6. The van der Waals surface area contributed by atoms with Gasteiger partial charge in [0.15, 0.2) is 11.5 Å². The van der Waals surface area contributed by atoms with E-state index in [1.54, 1.807) is 100 Å². The van der Waals surface area contributed by atoms with E-state index < -0.39 is 68.0 Å². The number of amides is 8. The van der Waals surface area contributed by atoms with Crippen molar-refractivity contribution in [1.82, 2.24) is 31.4 Å². The number of carbonyl (C=O) groups is 8. The number of ether oxygens (including phenoxy) is 2. The van der Waals surface area contributed by atoms with Crippen molar-refractivity contribution in [2.45, 2.75) is 118 Å². The Bertz CT molecular complexity index is 3110. The lowest BCUT2D eigenvalue weighted by Gasteiger charge is -2.31. The van der Waals surface area contributed by atoms with Crippen LogP contribution in [0.4, 0.5) is 21.0 Å². The van der Waals surface area contributed by atoms with Crippen LogP contribution in [0.15, 0.2) is 130 Å². The molecule has 4 atom stereocenters. The Hall–Kier alpha value is -9.77. The molecule has 4 aromatic carbocycles. The lowest BCUT2D eigenvalue weighted by molar-refractivity contribution is -0.168. The van der Waals surface area contributed by atoms with Gasteiger partial charge in [0.2, 0.25) is 24.6 Å². The lowest BCUT2D eigenvalue weighted by atomic mass is 9.90. The van der Waals surface area contributed by atoms with Gasteiger partial charge in [-0.05, 0) is 112 Å². The molecule has 2 aromatic heterocycles. The average molecular weight is 1260 g/mol. The monoisotopic (exact) mass is 1260 g/mol. The quantitative estimate of drug-likeness (QED) is 0.00690. The third-order valence-corrected chi connectivity index (χ3v) is 14.8. The number of rotatable bonds is 38. The van der Waals surface area contributed by atoms with E-state index in [-0.39, 0.29) is 73.9 Å². The van der Waals surface area contributed by atoms with Crippen molar-refractivity contribution < 1.29 is 80.0 Å². The minimum Gasteiger partial charge on any atom is -0.494 e. The maximum atomic E-state index is 13.7. The maximum absolute atomic E-state index is 13.7. The molecule has 0 aliphatic rings. The van der Waals surface area contributed by atoms with E-state index in [1.807, 2.05) is 13.8 Å². The van der Waals surface area contributed by atoms with Crippen LogP contribution in [-0.2, 0) is 33.4 Å². The van der Waals surface area contributed by atoms with Crippen LogP contribution in [0, 0.1) is 11.8 Å². The molecule has 8 amide bonds. The number of unbranched alkanes of at least 4 members (excludes halogenated alkanes) is 4. The number of hydrogen-bond donors (Lipinski definition) is 6. The number of para-hydroxylation sites is 2. The summed E-state index contributed by atoms with van der Waals surface area (Å²) in [6.45, 7) is 11.0. The summed E-state index contributed by atoms with van der Waals surface area (Å²) < 4.78 is 48.8. The summed E-state index contributed by atoms with van der Waals surface area (Å²) in [6.07, 6.45) is 4.86. The second-order valence-corrected chi connectivity index (χ2v) is 21.2. The minimum atomic E-state index is -3.40. The van der Waals surface area contributed by atoms with Crippen molar-refractivity contribution in [1.29, 1.82) is 0 Å². The van der Waals surface area contributed by atoms with Crippen molar-refractivity contribution in [2.24, 2.45) is 11.8 Å². The first-order valence-corrected chi connectivity index (χ1v) is 31.2. The first-order valence-electron chi connectivity index (χ1n) is 30.0. The number of nitrogens with zero attached hydrogens (tertiary/aromatic N) is 2. The number of hydrogen-bond acceptors (Lipinski definition) is 17. The Morgan fingerprint density at radius 3 is 1.24 bits per heavy atom. The highest BCUT2D eigenvalue weighted by Crippen LogP contribution is 2.39. The van der Waals surface area contributed by atoms with Crippen LogP contribution in [0.2, 0.25) is 0 Å². The van der Waals surface area contributed by atoms with Gasteiger partial charge in [0.05, 0.1) is 50.5 Å². The van der Waals surface area contributed by atoms with Crippen LogP contribution >= 0.6 is 8.25 Å². The van der Waals surface area contributed by atoms with Crippen LogP contribution in [0.3, 0.4) is 0 Å². The smallest absolute Gasteiger partial charge is 0.436 e. The molecule has 0 aliphatic carbocycles. The third kappa shape index (κ3) is 21.2. The fourth-order valence-electron chi connectivity index (χ4n) is 9.71. The molecular weight excluding hydrogens is 1180 g/mol. The summed E-state index contributed by atoms with van der Waals surface area (Å²) in [6, 6.07) is 30.7. The zero-order valence-corrected chi connectivity index (χ0v) is 52.2. The molecule has 25 nitrogen and oxygen atoms in total. The molecule has 26 heteroatoms. The van der Waals surface area contributed by atoms with Gasteiger partial charge in [-0.15, -0.1) is 0 Å². The van der Waals surface area contributed by atoms with Gasteiger partial charge >= 0.3 is 20.4 Å². The Balaban J connectivity index is 1.06. The molecule has 0 saturated heterocycles. The summed E-state index contributed by atoms with van der Waals surface area (Å²) in [5.74, 6) is -2.92. The van der Waals surface area contributed by atoms with Crippen LogP contribution in [0.25, 0.3) is 22.6 Å². The molecule has 0 unspecified atom stereocenters. The van der Waals surface area contributed by atoms with Gasteiger partial charge in [0.1, 0.15) is 34.5 Å². The summed E-state index contributed by atoms with van der Waals surface area (Å²) in [5, 5.41) is 17.5. The SMILES string of the molecule is CCCCC[C@@H](C(=O)NCNC(=O)c1ccc(-c2cc(OCC)cc(O[PH](=O)Oc3cc(OCC)cc(-c4ccc(C(=O)NCNC(=O)[C@H](CCCCC)[C@@H](CC)N(C=O)OC(=O)Nc5ccccc5)o4)c3)c2)o1)[C@@H](CC)N(C=O)OC(=O)Nc1ccccc1. The molecule has 6 N–H and O–H groups in total. The van der Waals surface area contributed by atoms with E-state index in [1.165, 1.54) is 48.5 Å². The summed E-state index contributed by atoms with van der Waals surface area (Å²) >= 11 is 0. The summed E-state index contributed by atoms with van der Waals surface area (Å²) in [5.41, 5.74) is 1.67. The van der Waals surface area contributed by atoms with Gasteiger partial charge in [0.25, 0.3) is 11.8 Å². The van der Waals surface area contributed by atoms with Gasteiger partial charge in [-0.3, -0.25) is 39.4 Å². The Kier molecular flexibility index (Phi) is 28.1. The molecular formula is C64H79N8O17P. The van der Waals surface area contributed by atoms with Crippen molar-refractivity contribution in [3.05, 3.63) is 133 Å². The lowest BCUT2D eigenvalue weighted by Crippen LogP contribution is -2.49. The van der Waals surface area contributed by atoms with E-state index in [0.717, 1.165) is 35.8 Å². The highest BCUT2D eigenvalue weighted by atomic mass is 31.1. The van der Waals surface area contributed by atoms with Crippen LogP contribution in [0.5, 0.6) is 23.0 Å². The topological polar surface area (TPSA) is 314 Å². The van der Waals surface area contributed by atoms with Crippen LogP contribution in [-0.4, -0.2) is 97.4 Å². The fraction of sp³-hybridized carbons (Fsp3) is 0.375. The molecule has 0 radical (unpaired) electrons. The molecule has 6 aromatic rings.